The second-order valence-electron chi connectivity index (χ2n) is 4.81. The molecule has 0 radical (unpaired) electrons. The molecule has 1 fully saturated rings. The van der Waals surface area contributed by atoms with Crippen molar-refractivity contribution in [3.63, 3.8) is 0 Å². The van der Waals surface area contributed by atoms with Crippen molar-refractivity contribution in [2.75, 3.05) is 7.11 Å². The van der Waals surface area contributed by atoms with Gasteiger partial charge in [0.1, 0.15) is 6.10 Å². The van der Waals surface area contributed by atoms with Gasteiger partial charge in [-0.25, -0.2) is 0 Å². The predicted molar refractivity (Wildman–Crippen MR) is 70.2 cm³/mol. The molecule has 0 amide bonds. The van der Waals surface area contributed by atoms with Gasteiger partial charge in [-0.15, -0.1) is 10.2 Å². The standard InChI is InChI=1S/C13H19ClN2O2/c1-8-9(2)13(16-15-12(8)14)18-11-6-4-5-10(7-11)17-3/h10-11H,4-7H2,1-3H3. The second-order valence-corrected chi connectivity index (χ2v) is 5.17. The van der Waals surface area contributed by atoms with Crippen LogP contribution in [0.25, 0.3) is 0 Å². The highest BCUT2D eigenvalue weighted by Gasteiger charge is 2.24. The molecule has 1 aromatic heterocycles. The van der Waals surface area contributed by atoms with Crippen molar-refractivity contribution in [2.24, 2.45) is 0 Å². The molecule has 0 N–H and O–H groups in total. The fraction of sp³-hybridized carbons (Fsp3) is 0.692. The molecule has 1 aromatic rings. The van der Waals surface area contributed by atoms with Crippen LogP contribution in [0.5, 0.6) is 5.88 Å². The minimum Gasteiger partial charge on any atom is -0.473 e. The van der Waals surface area contributed by atoms with Crippen molar-refractivity contribution in [2.45, 2.75) is 51.7 Å². The molecule has 0 aliphatic heterocycles. The summed E-state index contributed by atoms with van der Waals surface area (Å²) < 4.78 is 11.3. The van der Waals surface area contributed by atoms with E-state index >= 15 is 0 Å². The minimum absolute atomic E-state index is 0.164. The van der Waals surface area contributed by atoms with E-state index in [4.69, 9.17) is 21.1 Å². The first kappa shape index (κ1) is 13.6. The third kappa shape index (κ3) is 2.93. The Balaban J connectivity index is 2.07. The molecule has 1 aliphatic rings. The fourth-order valence-electron chi connectivity index (χ4n) is 2.25. The van der Waals surface area contributed by atoms with E-state index < -0.39 is 0 Å². The quantitative estimate of drug-likeness (QED) is 0.847. The summed E-state index contributed by atoms with van der Waals surface area (Å²) in [4.78, 5) is 0. The SMILES string of the molecule is COC1CCCC(Oc2nnc(Cl)c(C)c2C)C1. The number of rotatable bonds is 3. The minimum atomic E-state index is 0.164. The summed E-state index contributed by atoms with van der Waals surface area (Å²) in [7, 11) is 1.75. The molecule has 100 valence electrons. The lowest BCUT2D eigenvalue weighted by molar-refractivity contribution is 0.0189. The van der Waals surface area contributed by atoms with E-state index in [2.05, 4.69) is 10.2 Å². The first-order valence-electron chi connectivity index (χ1n) is 6.30. The monoisotopic (exact) mass is 270 g/mol. The maximum absolute atomic E-state index is 5.94. The van der Waals surface area contributed by atoms with Crippen molar-refractivity contribution in [3.05, 3.63) is 16.3 Å². The Hall–Kier alpha value is -0.870. The lowest BCUT2D eigenvalue weighted by atomic mass is 9.95. The van der Waals surface area contributed by atoms with E-state index in [0.717, 1.165) is 36.8 Å². The summed E-state index contributed by atoms with van der Waals surface area (Å²) in [6.45, 7) is 3.89. The highest BCUT2D eigenvalue weighted by Crippen LogP contribution is 2.28. The number of hydrogen-bond acceptors (Lipinski definition) is 4. The van der Waals surface area contributed by atoms with Crippen LogP contribution in [0.3, 0.4) is 0 Å². The van der Waals surface area contributed by atoms with Crippen molar-refractivity contribution >= 4 is 11.6 Å². The first-order valence-corrected chi connectivity index (χ1v) is 6.68. The zero-order valence-corrected chi connectivity index (χ0v) is 11.8. The molecule has 1 saturated carbocycles. The summed E-state index contributed by atoms with van der Waals surface area (Å²) in [5.74, 6) is 0.596. The van der Waals surface area contributed by atoms with Crippen molar-refractivity contribution in [1.29, 1.82) is 0 Å². The van der Waals surface area contributed by atoms with Crippen LogP contribution in [-0.4, -0.2) is 29.5 Å². The maximum atomic E-state index is 5.94. The normalized spacial score (nSPS) is 24.0. The van der Waals surface area contributed by atoms with Gasteiger partial charge in [0, 0.05) is 19.1 Å². The van der Waals surface area contributed by atoms with Gasteiger partial charge in [-0.3, -0.25) is 0 Å². The number of halogens is 1. The number of hydrogen-bond donors (Lipinski definition) is 0. The fourth-order valence-corrected chi connectivity index (χ4v) is 2.43. The van der Waals surface area contributed by atoms with Gasteiger partial charge in [-0.05, 0) is 38.7 Å². The Morgan fingerprint density at radius 1 is 1.11 bits per heavy atom. The van der Waals surface area contributed by atoms with Gasteiger partial charge < -0.3 is 9.47 Å². The van der Waals surface area contributed by atoms with Crippen LogP contribution >= 0.6 is 11.6 Å². The molecular weight excluding hydrogens is 252 g/mol. The van der Waals surface area contributed by atoms with Gasteiger partial charge in [0.05, 0.1) is 6.10 Å². The summed E-state index contributed by atoms with van der Waals surface area (Å²) in [5.41, 5.74) is 1.90. The topological polar surface area (TPSA) is 44.2 Å². The molecule has 0 spiro atoms. The lowest BCUT2D eigenvalue weighted by Crippen LogP contribution is -2.30. The number of methoxy groups -OCH3 is 1. The summed E-state index contributed by atoms with van der Waals surface area (Å²) in [5, 5.41) is 8.38. The Kier molecular flexibility index (Phi) is 4.40. The smallest absolute Gasteiger partial charge is 0.237 e. The van der Waals surface area contributed by atoms with Crippen LogP contribution in [-0.2, 0) is 4.74 Å². The largest absolute Gasteiger partial charge is 0.473 e. The van der Waals surface area contributed by atoms with Gasteiger partial charge in [0.15, 0.2) is 5.15 Å². The van der Waals surface area contributed by atoms with Gasteiger partial charge >= 0.3 is 0 Å². The van der Waals surface area contributed by atoms with Crippen molar-refractivity contribution < 1.29 is 9.47 Å². The zero-order valence-electron chi connectivity index (χ0n) is 11.1. The van der Waals surface area contributed by atoms with Crippen LogP contribution in [0.4, 0.5) is 0 Å². The molecule has 1 aliphatic carbocycles. The number of ether oxygens (including phenoxy) is 2. The summed E-state index contributed by atoms with van der Waals surface area (Å²) in [6.07, 6.45) is 4.66. The highest BCUT2D eigenvalue weighted by molar-refractivity contribution is 6.30. The van der Waals surface area contributed by atoms with E-state index in [1.165, 1.54) is 0 Å². The molecule has 2 atom stereocenters. The van der Waals surface area contributed by atoms with E-state index in [0.29, 0.717) is 17.1 Å². The molecule has 2 unspecified atom stereocenters. The van der Waals surface area contributed by atoms with Crippen LogP contribution in [0.2, 0.25) is 5.15 Å². The van der Waals surface area contributed by atoms with Gasteiger partial charge in [0.25, 0.3) is 0 Å². The third-order valence-electron chi connectivity index (χ3n) is 3.61. The van der Waals surface area contributed by atoms with Crippen molar-refractivity contribution in [1.82, 2.24) is 10.2 Å². The number of aromatic nitrogens is 2. The highest BCUT2D eigenvalue weighted by atomic mass is 35.5. The van der Waals surface area contributed by atoms with Gasteiger partial charge in [-0.2, -0.15) is 0 Å². The zero-order chi connectivity index (χ0) is 13.1. The average molecular weight is 271 g/mol. The van der Waals surface area contributed by atoms with E-state index in [-0.39, 0.29) is 6.10 Å². The van der Waals surface area contributed by atoms with Crippen LogP contribution in [0.1, 0.15) is 36.8 Å². The first-order chi connectivity index (χ1) is 8.61. The second kappa shape index (κ2) is 5.85. The predicted octanol–water partition coefficient (Wildman–Crippen LogP) is 3.08. The molecule has 0 saturated heterocycles. The van der Waals surface area contributed by atoms with E-state index in [1.54, 1.807) is 7.11 Å². The number of nitrogens with zero attached hydrogens (tertiary/aromatic N) is 2. The molecule has 4 nitrogen and oxygen atoms in total. The molecule has 1 heterocycles. The molecule has 2 rings (SSSR count). The Morgan fingerprint density at radius 2 is 1.83 bits per heavy atom. The molecule has 18 heavy (non-hydrogen) atoms. The van der Waals surface area contributed by atoms with Crippen molar-refractivity contribution in [3.8, 4) is 5.88 Å². The molecule has 0 bridgehead atoms. The van der Waals surface area contributed by atoms with Gasteiger partial charge in [-0.1, -0.05) is 11.6 Å². The lowest BCUT2D eigenvalue weighted by Gasteiger charge is -2.28. The molecule has 5 heteroatoms. The third-order valence-corrected chi connectivity index (χ3v) is 3.97. The van der Waals surface area contributed by atoms with Crippen LogP contribution < -0.4 is 4.74 Å². The van der Waals surface area contributed by atoms with E-state index in [1.807, 2.05) is 13.8 Å². The molecule has 0 aromatic carbocycles. The van der Waals surface area contributed by atoms with Gasteiger partial charge in [0.2, 0.25) is 5.88 Å². The van der Waals surface area contributed by atoms with E-state index in [9.17, 15) is 0 Å². The Bertz CT molecular complexity index is 426. The summed E-state index contributed by atoms with van der Waals surface area (Å²) >= 11 is 5.93. The molecular formula is C13H19ClN2O2. The average Bonchev–Trinajstić information content (AvgIpc) is 2.40. The Morgan fingerprint density at radius 3 is 2.56 bits per heavy atom. The van der Waals surface area contributed by atoms with Crippen LogP contribution in [0, 0.1) is 13.8 Å². The maximum Gasteiger partial charge on any atom is 0.237 e. The summed E-state index contributed by atoms with van der Waals surface area (Å²) in [6, 6.07) is 0. The Labute approximate surface area is 113 Å². The van der Waals surface area contributed by atoms with Crippen LogP contribution in [0.15, 0.2) is 0 Å².